The molecule has 0 aliphatic heterocycles. The normalized spacial score (nSPS) is 11.9. The van der Waals surface area contributed by atoms with Gasteiger partial charge in [-0.25, -0.2) is 0 Å². The van der Waals surface area contributed by atoms with Gasteiger partial charge in [0.2, 0.25) is 5.91 Å². The van der Waals surface area contributed by atoms with Crippen molar-refractivity contribution in [2.45, 2.75) is 12.5 Å². The molecular weight excluding hydrogens is 278 g/mol. The van der Waals surface area contributed by atoms with Crippen molar-refractivity contribution in [3.8, 4) is 0 Å². The molecule has 0 spiro atoms. The fourth-order valence-electron chi connectivity index (χ4n) is 2.39. The lowest BCUT2D eigenvalue weighted by molar-refractivity contribution is -0.129. The molecule has 0 bridgehead atoms. The molecule has 3 heteroatoms. The second kappa shape index (κ2) is 7.89. The summed E-state index contributed by atoms with van der Waals surface area (Å²) in [6.07, 6.45) is 2.79. The smallest absolute Gasteiger partial charge is 0.232 e. The van der Waals surface area contributed by atoms with Gasteiger partial charge in [0, 0.05) is 7.05 Å². The summed E-state index contributed by atoms with van der Waals surface area (Å²) < 4.78 is 0. The van der Waals surface area contributed by atoms with Crippen LogP contribution in [0, 0.1) is 0 Å². The Hall–Kier alpha value is -1.74. The van der Waals surface area contributed by atoms with E-state index in [4.69, 9.17) is 0 Å². The van der Waals surface area contributed by atoms with Gasteiger partial charge < -0.3 is 4.90 Å². The molecule has 1 atom stereocenters. The number of hydrogen-bond acceptors (Lipinski definition) is 2. The number of rotatable bonds is 6. The lowest BCUT2D eigenvalue weighted by Gasteiger charge is -2.29. The summed E-state index contributed by atoms with van der Waals surface area (Å²) in [6.45, 7) is 0. The molecule has 2 rings (SSSR count). The first-order valence-electron chi connectivity index (χ1n) is 7.06. The average molecular weight is 299 g/mol. The molecule has 2 nitrogen and oxygen atoms in total. The van der Waals surface area contributed by atoms with E-state index in [1.165, 1.54) is 11.1 Å². The SMILES string of the molecule is CSCC(=O)N(C)C(Cc1ccccc1)c1ccccc1. The van der Waals surface area contributed by atoms with Crippen LogP contribution in [0.15, 0.2) is 60.7 Å². The fourth-order valence-corrected chi connectivity index (χ4v) is 2.84. The maximum atomic E-state index is 12.3. The zero-order chi connectivity index (χ0) is 15.1. The van der Waals surface area contributed by atoms with Crippen molar-refractivity contribution in [1.29, 1.82) is 0 Å². The molecule has 0 aliphatic carbocycles. The van der Waals surface area contributed by atoms with Gasteiger partial charge in [-0.05, 0) is 23.8 Å². The van der Waals surface area contributed by atoms with E-state index in [9.17, 15) is 4.79 Å². The minimum absolute atomic E-state index is 0.0771. The van der Waals surface area contributed by atoms with Crippen LogP contribution in [-0.4, -0.2) is 29.9 Å². The molecule has 0 saturated heterocycles. The number of amides is 1. The van der Waals surface area contributed by atoms with Crippen LogP contribution in [-0.2, 0) is 11.2 Å². The Bertz CT molecular complexity index is 556. The Morgan fingerprint density at radius 1 is 1.05 bits per heavy atom. The highest BCUT2D eigenvalue weighted by molar-refractivity contribution is 7.99. The van der Waals surface area contributed by atoms with Crippen molar-refractivity contribution in [2.24, 2.45) is 0 Å². The van der Waals surface area contributed by atoms with Crippen LogP contribution in [0.5, 0.6) is 0 Å². The molecule has 0 fully saturated rings. The first-order chi connectivity index (χ1) is 10.2. The third kappa shape index (κ3) is 4.36. The Morgan fingerprint density at radius 3 is 2.19 bits per heavy atom. The summed E-state index contributed by atoms with van der Waals surface area (Å²) >= 11 is 1.57. The molecule has 0 aromatic heterocycles. The van der Waals surface area contributed by atoms with E-state index < -0.39 is 0 Å². The van der Waals surface area contributed by atoms with E-state index in [1.54, 1.807) is 11.8 Å². The van der Waals surface area contributed by atoms with E-state index in [2.05, 4.69) is 24.3 Å². The van der Waals surface area contributed by atoms with Crippen LogP contribution < -0.4 is 0 Å². The third-order valence-electron chi connectivity index (χ3n) is 3.58. The monoisotopic (exact) mass is 299 g/mol. The number of likely N-dealkylation sites (N-methyl/N-ethyl adjacent to an activating group) is 1. The van der Waals surface area contributed by atoms with Crippen molar-refractivity contribution in [2.75, 3.05) is 19.1 Å². The van der Waals surface area contributed by atoms with E-state index in [0.29, 0.717) is 5.75 Å². The second-order valence-corrected chi connectivity index (χ2v) is 5.92. The maximum Gasteiger partial charge on any atom is 0.232 e. The highest BCUT2D eigenvalue weighted by Crippen LogP contribution is 2.24. The van der Waals surface area contributed by atoms with Crippen molar-refractivity contribution < 1.29 is 4.79 Å². The standard InChI is InChI=1S/C18H21NOS/c1-19(18(20)14-21-2)17(16-11-7-4-8-12-16)13-15-9-5-3-6-10-15/h3-12,17H,13-14H2,1-2H3. The Morgan fingerprint density at radius 2 is 1.62 bits per heavy atom. The summed E-state index contributed by atoms with van der Waals surface area (Å²) in [5, 5.41) is 0. The predicted molar refractivity (Wildman–Crippen MR) is 90.5 cm³/mol. The molecule has 0 saturated carbocycles. The van der Waals surface area contributed by atoms with Crippen LogP contribution in [0.3, 0.4) is 0 Å². The molecule has 0 radical (unpaired) electrons. The molecule has 0 aliphatic rings. The van der Waals surface area contributed by atoms with Gasteiger partial charge in [-0.1, -0.05) is 60.7 Å². The lowest BCUT2D eigenvalue weighted by atomic mass is 9.97. The van der Waals surface area contributed by atoms with E-state index in [-0.39, 0.29) is 11.9 Å². The predicted octanol–water partition coefficient (Wildman–Crippen LogP) is 3.79. The van der Waals surface area contributed by atoms with Gasteiger partial charge >= 0.3 is 0 Å². The topological polar surface area (TPSA) is 20.3 Å². The minimum Gasteiger partial charge on any atom is -0.338 e. The summed E-state index contributed by atoms with van der Waals surface area (Å²) in [6, 6.07) is 20.7. The Labute approximate surface area is 131 Å². The van der Waals surface area contributed by atoms with Gasteiger partial charge in [0.25, 0.3) is 0 Å². The van der Waals surface area contributed by atoms with Gasteiger partial charge in [-0.2, -0.15) is 11.8 Å². The lowest BCUT2D eigenvalue weighted by Crippen LogP contribution is -2.33. The maximum absolute atomic E-state index is 12.3. The quantitative estimate of drug-likeness (QED) is 0.809. The number of nitrogens with zero attached hydrogens (tertiary/aromatic N) is 1. The summed E-state index contributed by atoms with van der Waals surface area (Å²) in [7, 11) is 1.90. The van der Waals surface area contributed by atoms with Crippen LogP contribution >= 0.6 is 11.8 Å². The van der Waals surface area contributed by atoms with Gasteiger partial charge in [0.15, 0.2) is 0 Å². The Kier molecular flexibility index (Phi) is 5.88. The van der Waals surface area contributed by atoms with E-state index in [1.807, 2.05) is 54.6 Å². The van der Waals surface area contributed by atoms with Crippen LogP contribution in [0.4, 0.5) is 0 Å². The number of benzene rings is 2. The summed E-state index contributed by atoms with van der Waals surface area (Å²) in [4.78, 5) is 14.1. The number of carbonyl (C=O) groups excluding carboxylic acids is 1. The zero-order valence-electron chi connectivity index (χ0n) is 12.5. The largest absolute Gasteiger partial charge is 0.338 e. The van der Waals surface area contributed by atoms with Crippen LogP contribution in [0.2, 0.25) is 0 Å². The van der Waals surface area contributed by atoms with Gasteiger partial charge in [0.05, 0.1) is 11.8 Å². The van der Waals surface area contributed by atoms with Gasteiger partial charge in [0.1, 0.15) is 0 Å². The number of hydrogen-bond donors (Lipinski definition) is 0. The summed E-state index contributed by atoms with van der Waals surface area (Å²) in [5.74, 6) is 0.696. The van der Waals surface area contributed by atoms with Crippen LogP contribution in [0.1, 0.15) is 17.2 Å². The van der Waals surface area contributed by atoms with Crippen molar-refractivity contribution in [3.63, 3.8) is 0 Å². The molecule has 2 aromatic rings. The van der Waals surface area contributed by atoms with Crippen LogP contribution in [0.25, 0.3) is 0 Å². The van der Waals surface area contributed by atoms with E-state index >= 15 is 0 Å². The molecule has 0 heterocycles. The summed E-state index contributed by atoms with van der Waals surface area (Å²) in [5.41, 5.74) is 2.42. The minimum atomic E-state index is 0.0771. The molecule has 1 unspecified atom stereocenters. The number of thioether (sulfide) groups is 1. The fraction of sp³-hybridized carbons (Fsp3) is 0.278. The highest BCUT2D eigenvalue weighted by Gasteiger charge is 2.21. The molecule has 21 heavy (non-hydrogen) atoms. The molecular formula is C18H21NOS. The van der Waals surface area contributed by atoms with Gasteiger partial charge in [-0.15, -0.1) is 0 Å². The average Bonchev–Trinajstić information content (AvgIpc) is 2.54. The van der Waals surface area contributed by atoms with E-state index in [0.717, 1.165) is 6.42 Å². The van der Waals surface area contributed by atoms with Crippen molar-refractivity contribution >= 4 is 17.7 Å². The molecule has 110 valence electrons. The Balaban J connectivity index is 2.24. The molecule has 1 amide bonds. The first kappa shape index (κ1) is 15.6. The number of carbonyl (C=O) groups is 1. The highest BCUT2D eigenvalue weighted by atomic mass is 32.2. The molecule has 0 N–H and O–H groups in total. The second-order valence-electron chi connectivity index (χ2n) is 5.05. The van der Waals surface area contributed by atoms with Crippen molar-refractivity contribution in [1.82, 2.24) is 4.90 Å². The zero-order valence-corrected chi connectivity index (χ0v) is 13.3. The third-order valence-corrected chi connectivity index (χ3v) is 4.12. The first-order valence-corrected chi connectivity index (χ1v) is 8.45. The van der Waals surface area contributed by atoms with Gasteiger partial charge in [-0.3, -0.25) is 4.79 Å². The molecule has 2 aromatic carbocycles. The van der Waals surface area contributed by atoms with Crippen molar-refractivity contribution in [3.05, 3.63) is 71.8 Å².